The van der Waals surface area contributed by atoms with Gasteiger partial charge in [0.25, 0.3) is 0 Å². The maximum Gasteiger partial charge on any atom is 0.416 e. The van der Waals surface area contributed by atoms with E-state index in [-0.39, 0.29) is 0 Å². The molecular formula is C21H22F3N3. The minimum Gasteiger partial charge on any atom is -0.371 e. The number of aryl methyl sites for hydroxylation is 1. The molecule has 27 heavy (non-hydrogen) atoms. The summed E-state index contributed by atoms with van der Waals surface area (Å²) < 4.78 is 38.3. The molecule has 3 heterocycles. The van der Waals surface area contributed by atoms with Crippen molar-refractivity contribution in [2.75, 3.05) is 36.4 Å². The molecule has 2 atom stereocenters. The molecule has 0 aromatic heterocycles. The SMILES string of the molecule is FC(F)(F)c1ccc(Nc2cc3c4c(c2)[C@@H]2CNC[C@@H]2CN4CCC3)cc1. The van der Waals surface area contributed by atoms with Crippen molar-refractivity contribution in [1.82, 2.24) is 5.32 Å². The third kappa shape index (κ3) is 2.96. The third-order valence-corrected chi connectivity index (χ3v) is 6.10. The number of hydrogen-bond acceptors (Lipinski definition) is 3. The van der Waals surface area contributed by atoms with Crippen molar-refractivity contribution >= 4 is 17.1 Å². The molecule has 5 rings (SSSR count). The van der Waals surface area contributed by atoms with Gasteiger partial charge in [-0.05, 0) is 66.3 Å². The van der Waals surface area contributed by atoms with Crippen molar-refractivity contribution in [3.8, 4) is 0 Å². The summed E-state index contributed by atoms with van der Waals surface area (Å²) in [5.41, 5.74) is 5.19. The third-order valence-electron chi connectivity index (χ3n) is 6.10. The number of nitrogens with zero attached hydrogens (tertiary/aromatic N) is 1. The molecule has 0 bridgehead atoms. The Morgan fingerprint density at radius 3 is 2.63 bits per heavy atom. The normalized spacial score (nSPS) is 23.7. The van der Waals surface area contributed by atoms with E-state index < -0.39 is 11.7 Å². The summed E-state index contributed by atoms with van der Waals surface area (Å²) in [4.78, 5) is 2.53. The van der Waals surface area contributed by atoms with Crippen LogP contribution in [0.4, 0.5) is 30.2 Å². The fourth-order valence-corrected chi connectivity index (χ4v) is 4.89. The molecule has 3 aliphatic rings. The molecule has 1 saturated heterocycles. The Balaban J connectivity index is 1.48. The van der Waals surface area contributed by atoms with Gasteiger partial charge in [0.15, 0.2) is 0 Å². The lowest BCUT2D eigenvalue weighted by atomic mass is 9.80. The Morgan fingerprint density at radius 2 is 1.85 bits per heavy atom. The lowest BCUT2D eigenvalue weighted by molar-refractivity contribution is -0.137. The molecule has 0 unspecified atom stereocenters. The van der Waals surface area contributed by atoms with Gasteiger partial charge >= 0.3 is 6.18 Å². The Bertz CT molecular complexity index is 860. The Kier molecular flexibility index (Phi) is 3.86. The van der Waals surface area contributed by atoms with Crippen molar-refractivity contribution < 1.29 is 13.2 Å². The molecule has 3 nitrogen and oxygen atoms in total. The van der Waals surface area contributed by atoms with Gasteiger partial charge in [0.05, 0.1) is 5.56 Å². The number of rotatable bonds is 2. The number of nitrogens with one attached hydrogen (secondary N) is 2. The fraction of sp³-hybridized carbons (Fsp3) is 0.429. The minimum absolute atomic E-state index is 0.530. The van der Waals surface area contributed by atoms with E-state index in [0.717, 1.165) is 56.8 Å². The van der Waals surface area contributed by atoms with Crippen molar-refractivity contribution in [3.05, 3.63) is 53.1 Å². The Labute approximate surface area is 156 Å². The van der Waals surface area contributed by atoms with Crippen LogP contribution in [0.25, 0.3) is 0 Å². The predicted molar refractivity (Wildman–Crippen MR) is 101 cm³/mol. The largest absolute Gasteiger partial charge is 0.416 e. The first-order valence-electron chi connectivity index (χ1n) is 9.56. The van der Waals surface area contributed by atoms with E-state index in [9.17, 15) is 13.2 Å². The summed E-state index contributed by atoms with van der Waals surface area (Å²) in [7, 11) is 0. The second kappa shape index (κ2) is 6.16. The van der Waals surface area contributed by atoms with E-state index in [1.165, 1.54) is 28.9 Å². The van der Waals surface area contributed by atoms with Gasteiger partial charge in [-0.2, -0.15) is 13.2 Å². The molecular weight excluding hydrogens is 351 g/mol. The van der Waals surface area contributed by atoms with Gasteiger partial charge in [-0.3, -0.25) is 0 Å². The summed E-state index contributed by atoms with van der Waals surface area (Å²) in [5, 5.41) is 6.85. The van der Waals surface area contributed by atoms with Gasteiger partial charge in [0.2, 0.25) is 0 Å². The number of fused-ring (bicyclic) bond motifs is 2. The second-order valence-corrected chi connectivity index (χ2v) is 7.85. The zero-order chi connectivity index (χ0) is 18.6. The number of alkyl halides is 3. The summed E-state index contributed by atoms with van der Waals surface area (Å²) in [6, 6.07) is 9.64. The van der Waals surface area contributed by atoms with Crippen LogP contribution < -0.4 is 15.5 Å². The molecule has 0 aliphatic carbocycles. The summed E-state index contributed by atoms with van der Waals surface area (Å²) in [6.07, 6.45) is -2.09. The highest BCUT2D eigenvalue weighted by atomic mass is 19.4. The van der Waals surface area contributed by atoms with Gasteiger partial charge < -0.3 is 15.5 Å². The predicted octanol–water partition coefficient (Wildman–Crippen LogP) is 4.52. The molecule has 1 fully saturated rings. The molecule has 3 aliphatic heterocycles. The lowest BCUT2D eigenvalue weighted by Gasteiger charge is -2.42. The van der Waals surface area contributed by atoms with Crippen LogP contribution in [0.15, 0.2) is 36.4 Å². The van der Waals surface area contributed by atoms with Crippen molar-refractivity contribution in [1.29, 1.82) is 0 Å². The van der Waals surface area contributed by atoms with Crippen molar-refractivity contribution in [3.63, 3.8) is 0 Å². The standard InChI is InChI=1S/C21H22F3N3/c22-21(23,24)15-3-5-16(6-4-15)26-17-8-13-2-1-7-27-12-14-10-25-11-19(14)18(9-17)20(13)27/h3-6,8-9,14,19,25-26H,1-2,7,10-12H2/t14-,19-/m1/s1. The van der Waals surface area contributed by atoms with Crippen LogP contribution in [-0.2, 0) is 12.6 Å². The molecule has 2 aromatic carbocycles. The minimum atomic E-state index is -4.30. The first kappa shape index (κ1) is 16.9. The molecule has 0 amide bonds. The van der Waals surface area contributed by atoms with Crippen LogP contribution in [0.3, 0.4) is 0 Å². The smallest absolute Gasteiger partial charge is 0.371 e. The average Bonchev–Trinajstić information content (AvgIpc) is 3.10. The van der Waals surface area contributed by atoms with E-state index in [1.807, 2.05) is 0 Å². The Hall–Kier alpha value is -2.21. The second-order valence-electron chi connectivity index (χ2n) is 7.85. The molecule has 6 heteroatoms. The van der Waals surface area contributed by atoms with Gasteiger partial charge in [0.1, 0.15) is 0 Å². The lowest BCUT2D eigenvalue weighted by Crippen LogP contribution is -2.40. The zero-order valence-corrected chi connectivity index (χ0v) is 14.9. The first-order chi connectivity index (χ1) is 13.0. The van der Waals surface area contributed by atoms with E-state index in [4.69, 9.17) is 0 Å². The van der Waals surface area contributed by atoms with Crippen LogP contribution in [0.1, 0.15) is 29.0 Å². The van der Waals surface area contributed by atoms with Gasteiger partial charge in [-0.25, -0.2) is 0 Å². The number of halogens is 3. The summed E-state index contributed by atoms with van der Waals surface area (Å²) >= 11 is 0. The highest BCUT2D eigenvalue weighted by Crippen LogP contribution is 2.46. The first-order valence-corrected chi connectivity index (χ1v) is 9.56. The van der Waals surface area contributed by atoms with Crippen LogP contribution >= 0.6 is 0 Å². The maximum atomic E-state index is 12.8. The summed E-state index contributed by atoms with van der Waals surface area (Å²) in [6.45, 7) is 4.32. The molecule has 0 radical (unpaired) electrons. The van der Waals surface area contributed by atoms with E-state index in [1.54, 1.807) is 0 Å². The zero-order valence-electron chi connectivity index (χ0n) is 14.9. The van der Waals surface area contributed by atoms with Gasteiger partial charge in [-0.15, -0.1) is 0 Å². The van der Waals surface area contributed by atoms with Crippen molar-refractivity contribution in [2.24, 2.45) is 5.92 Å². The van der Waals surface area contributed by atoms with E-state index in [0.29, 0.717) is 17.5 Å². The highest BCUT2D eigenvalue weighted by molar-refractivity contribution is 5.73. The molecule has 2 N–H and O–H groups in total. The molecule has 2 aromatic rings. The highest BCUT2D eigenvalue weighted by Gasteiger charge is 2.39. The fourth-order valence-electron chi connectivity index (χ4n) is 4.89. The van der Waals surface area contributed by atoms with Crippen LogP contribution in [0.5, 0.6) is 0 Å². The topological polar surface area (TPSA) is 27.3 Å². The van der Waals surface area contributed by atoms with Crippen LogP contribution in [0.2, 0.25) is 0 Å². The number of hydrogen-bond donors (Lipinski definition) is 2. The number of anilines is 3. The van der Waals surface area contributed by atoms with Gasteiger partial charge in [0, 0.05) is 49.2 Å². The van der Waals surface area contributed by atoms with E-state index >= 15 is 0 Å². The Morgan fingerprint density at radius 1 is 1.04 bits per heavy atom. The van der Waals surface area contributed by atoms with Crippen LogP contribution in [-0.4, -0.2) is 26.2 Å². The van der Waals surface area contributed by atoms with Gasteiger partial charge in [-0.1, -0.05) is 0 Å². The molecule has 0 spiro atoms. The monoisotopic (exact) mass is 373 g/mol. The molecule has 142 valence electrons. The van der Waals surface area contributed by atoms with Crippen molar-refractivity contribution in [2.45, 2.75) is 24.9 Å². The quantitative estimate of drug-likeness (QED) is 0.811. The summed E-state index contributed by atoms with van der Waals surface area (Å²) in [5.74, 6) is 1.17. The maximum absolute atomic E-state index is 12.8. The number of benzene rings is 2. The average molecular weight is 373 g/mol. The molecule has 0 saturated carbocycles. The van der Waals surface area contributed by atoms with Crippen LogP contribution in [0, 0.1) is 5.92 Å². The van der Waals surface area contributed by atoms with E-state index in [2.05, 4.69) is 27.7 Å².